The third kappa shape index (κ3) is 2.61. The molecule has 0 saturated carbocycles. The number of fused-ring (bicyclic) bond motifs is 1. The average molecular weight is 392 g/mol. The van der Waals surface area contributed by atoms with E-state index in [9.17, 15) is 4.79 Å². The van der Waals surface area contributed by atoms with Crippen LogP contribution in [0, 0.1) is 6.92 Å². The molecule has 3 aromatic rings. The van der Waals surface area contributed by atoms with Crippen molar-refractivity contribution in [2.75, 3.05) is 18.1 Å². The van der Waals surface area contributed by atoms with Gasteiger partial charge in [0.2, 0.25) is 0 Å². The standard InChI is InChI=1S/C22H21FN4O2/c1-14-5-3-8-17-18(14)10-27(21(17)28)16-7-4-6-15(9-16)22(11-29-12-22)19(23)20-25-24-13-26(20)2/h3-9,13,19H,10-12H2,1-2H3/t19-/m0/s1. The lowest BCUT2D eigenvalue weighted by molar-refractivity contribution is -0.102. The summed E-state index contributed by atoms with van der Waals surface area (Å²) in [5.74, 6) is 0.254. The van der Waals surface area contributed by atoms with Crippen molar-refractivity contribution in [1.29, 1.82) is 0 Å². The van der Waals surface area contributed by atoms with Crippen molar-refractivity contribution in [3.8, 4) is 0 Å². The van der Waals surface area contributed by atoms with Crippen molar-refractivity contribution < 1.29 is 13.9 Å². The van der Waals surface area contributed by atoms with Crippen LogP contribution in [0.25, 0.3) is 0 Å². The molecule has 0 bridgehead atoms. The average Bonchev–Trinajstić information content (AvgIpc) is 3.26. The van der Waals surface area contributed by atoms with E-state index >= 15 is 4.39 Å². The Morgan fingerprint density at radius 3 is 2.66 bits per heavy atom. The van der Waals surface area contributed by atoms with E-state index in [2.05, 4.69) is 10.2 Å². The van der Waals surface area contributed by atoms with E-state index in [1.165, 1.54) is 6.33 Å². The van der Waals surface area contributed by atoms with Crippen LogP contribution in [0.5, 0.6) is 0 Å². The number of hydrogen-bond donors (Lipinski definition) is 0. The molecule has 0 N–H and O–H groups in total. The maximum Gasteiger partial charge on any atom is 0.258 e. The summed E-state index contributed by atoms with van der Waals surface area (Å²) < 4.78 is 22.6. The number of alkyl halides is 1. The minimum atomic E-state index is -1.35. The summed E-state index contributed by atoms with van der Waals surface area (Å²) in [6, 6.07) is 13.4. The smallest absolute Gasteiger partial charge is 0.258 e. The normalized spacial score (nSPS) is 18.4. The molecule has 5 rings (SSSR count). The van der Waals surface area contributed by atoms with Gasteiger partial charge in [0, 0.05) is 18.3 Å². The third-order valence-corrected chi connectivity index (χ3v) is 6.11. The maximum absolute atomic E-state index is 15.6. The first kappa shape index (κ1) is 18.0. The first-order valence-electron chi connectivity index (χ1n) is 9.58. The van der Waals surface area contributed by atoms with E-state index in [1.54, 1.807) is 16.5 Å². The fourth-order valence-electron chi connectivity index (χ4n) is 4.23. The molecule has 29 heavy (non-hydrogen) atoms. The molecule has 6 nitrogen and oxygen atoms in total. The molecule has 1 aromatic heterocycles. The lowest BCUT2D eigenvalue weighted by Crippen LogP contribution is -2.50. The van der Waals surface area contributed by atoms with Gasteiger partial charge in [-0.15, -0.1) is 10.2 Å². The maximum atomic E-state index is 15.6. The lowest BCUT2D eigenvalue weighted by atomic mass is 9.74. The van der Waals surface area contributed by atoms with Crippen LogP contribution in [0.15, 0.2) is 48.8 Å². The van der Waals surface area contributed by atoms with Gasteiger partial charge >= 0.3 is 0 Å². The zero-order valence-electron chi connectivity index (χ0n) is 16.3. The Morgan fingerprint density at radius 2 is 2.00 bits per heavy atom. The Morgan fingerprint density at radius 1 is 1.21 bits per heavy atom. The zero-order chi connectivity index (χ0) is 20.2. The number of carbonyl (C=O) groups excluding carboxylic acids is 1. The van der Waals surface area contributed by atoms with Gasteiger partial charge in [-0.2, -0.15) is 0 Å². The summed E-state index contributed by atoms with van der Waals surface area (Å²) in [5, 5.41) is 7.77. The van der Waals surface area contributed by atoms with Crippen LogP contribution >= 0.6 is 0 Å². The van der Waals surface area contributed by atoms with Gasteiger partial charge in [-0.3, -0.25) is 4.79 Å². The topological polar surface area (TPSA) is 60.3 Å². The summed E-state index contributed by atoms with van der Waals surface area (Å²) >= 11 is 0. The predicted molar refractivity (Wildman–Crippen MR) is 105 cm³/mol. The number of hydrogen-bond acceptors (Lipinski definition) is 4. The molecule has 0 unspecified atom stereocenters. The quantitative estimate of drug-likeness (QED) is 0.684. The summed E-state index contributed by atoms with van der Waals surface area (Å²) in [4.78, 5) is 14.7. The second kappa shape index (κ2) is 6.49. The van der Waals surface area contributed by atoms with Crippen molar-refractivity contribution in [1.82, 2.24) is 14.8 Å². The fourth-order valence-corrected chi connectivity index (χ4v) is 4.23. The van der Waals surface area contributed by atoms with E-state index in [1.807, 2.05) is 49.4 Å². The number of anilines is 1. The second-order valence-electron chi connectivity index (χ2n) is 7.85. The molecular weight excluding hydrogens is 371 g/mol. The zero-order valence-corrected chi connectivity index (χ0v) is 16.3. The molecule has 2 aromatic carbocycles. The lowest BCUT2D eigenvalue weighted by Gasteiger charge is -2.43. The highest BCUT2D eigenvalue weighted by atomic mass is 19.1. The molecule has 0 radical (unpaired) electrons. The largest absolute Gasteiger partial charge is 0.379 e. The number of halogens is 1. The van der Waals surface area contributed by atoms with Gasteiger partial charge in [0.15, 0.2) is 12.0 Å². The van der Waals surface area contributed by atoms with Crippen molar-refractivity contribution >= 4 is 11.6 Å². The van der Waals surface area contributed by atoms with E-state index in [-0.39, 0.29) is 24.9 Å². The van der Waals surface area contributed by atoms with E-state index in [0.717, 1.165) is 27.9 Å². The first-order chi connectivity index (χ1) is 14.0. The van der Waals surface area contributed by atoms with Crippen LogP contribution in [-0.2, 0) is 23.7 Å². The van der Waals surface area contributed by atoms with Gasteiger partial charge in [-0.25, -0.2) is 4.39 Å². The Labute approximate surface area is 167 Å². The number of amides is 1. The number of rotatable bonds is 4. The Kier molecular flexibility index (Phi) is 4.03. The molecular formula is C22H21FN4O2. The second-order valence-corrected chi connectivity index (χ2v) is 7.85. The molecule has 1 fully saturated rings. The summed E-state index contributed by atoms with van der Waals surface area (Å²) in [6.45, 7) is 3.06. The SMILES string of the molecule is Cc1cccc2c1CN(c1cccc(C3([C@@H](F)c4nncn4C)COC3)c1)C2=O. The van der Waals surface area contributed by atoms with E-state index in [4.69, 9.17) is 4.74 Å². The van der Waals surface area contributed by atoms with Crippen molar-refractivity contribution in [2.45, 2.75) is 25.1 Å². The van der Waals surface area contributed by atoms with Crippen LogP contribution in [0.4, 0.5) is 10.1 Å². The van der Waals surface area contributed by atoms with Gasteiger partial charge in [0.25, 0.3) is 5.91 Å². The fraction of sp³-hybridized carbons (Fsp3) is 0.318. The van der Waals surface area contributed by atoms with Crippen molar-refractivity contribution in [2.24, 2.45) is 7.05 Å². The number of aromatic nitrogens is 3. The van der Waals surface area contributed by atoms with Gasteiger partial charge in [0.05, 0.1) is 25.2 Å². The van der Waals surface area contributed by atoms with Crippen LogP contribution in [0.3, 0.4) is 0 Å². The van der Waals surface area contributed by atoms with Crippen LogP contribution in [0.2, 0.25) is 0 Å². The van der Waals surface area contributed by atoms with E-state index < -0.39 is 11.6 Å². The molecule has 148 valence electrons. The predicted octanol–water partition coefficient (Wildman–Crippen LogP) is 3.26. The molecule has 2 aliphatic heterocycles. The number of nitrogens with zero attached hydrogens (tertiary/aromatic N) is 4. The Balaban J connectivity index is 1.51. The molecule has 1 atom stereocenters. The van der Waals surface area contributed by atoms with Gasteiger partial charge in [-0.1, -0.05) is 24.3 Å². The molecule has 7 heteroatoms. The van der Waals surface area contributed by atoms with Crippen molar-refractivity contribution in [3.05, 3.63) is 76.9 Å². The monoisotopic (exact) mass is 392 g/mol. The van der Waals surface area contributed by atoms with Crippen molar-refractivity contribution in [3.63, 3.8) is 0 Å². The molecule has 1 saturated heterocycles. The highest BCUT2D eigenvalue weighted by Crippen LogP contribution is 2.46. The highest BCUT2D eigenvalue weighted by molar-refractivity contribution is 6.10. The summed E-state index contributed by atoms with van der Waals surface area (Å²) in [5.41, 5.74) is 3.62. The molecule has 0 aliphatic carbocycles. The number of carbonyl (C=O) groups is 1. The van der Waals surface area contributed by atoms with Crippen LogP contribution in [0.1, 0.15) is 39.0 Å². The molecule has 1 amide bonds. The van der Waals surface area contributed by atoms with Crippen LogP contribution in [-0.4, -0.2) is 33.9 Å². The Hall–Kier alpha value is -3.06. The molecule has 3 heterocycles. The highest BCUT2D eigenvalue weighted by Gasteiger charge is 2.50. The minimum absolute atomic E-state index is 0.0233. The van der Waals surface area contributed by atoms with Gasteiger partial charge < -0.3 is 14.2 Å². The number of aryl methyl sites for hydroxylation is 2. The Bertz CT molecular complexity index is 1110. The minimum Gasteiger partial charge on any atom is -0.379 e. The van der Waals surface area contributed by atoms with E-state index in [0.29, 0.717) is 6.54 Å². The van der Waals surface area contributed by atoms with Gasteiger partial charge in [0.1, 0.15) is 6.33 Å². The van der Waals surface area contributed by atoms with Gasteiger partial charge in [-0.05, 0) is 41.8 Å². The summed E-state index contributed by atoms with van der Waals surface area (Å²) in [6.07, 6.45) is 0.140. The van der Waals surface area contributed by atoms with Crippen LogP contribution < -0.4 is 4.90 Å². The summed E-state index contributed by atoms with van der Waals surface area (Å²) in [7, 11) is 1.73. The molecule has 0 spiro atoms. The number of ether oxygens (including phenoxy) is 1. The number of benzene rings is 2. The molecule has 2 aliphatic rings. The third-order valence-electron chi connectivity index (χ3n) is 6.11. The first-order valence-corrected chi connectivity index (χ1v) is 9.58.